The molecule has 1 heterocycles. The lowest BCUT2D eigenvalue weighted by atomic mass is 10.2. The van der Waals surface area contributed by atoms with E-state index in [0.717, 1.165) is 6.54 Å². The van der Waals surface area contributed by atoms with Gasteiger partial charge in [-0.1, -0.05) is 0 Å². The number of imidazole rings is 1. The summed E-state index contributed by atoms with van der Waals surface area (Å²) in [5, 5.41) is 23.5. The van der Waals surface area contributed by atoms with E-state index in [-0.39, 0.29) is 0 Å². The summed E-state index contributed by atoms with van der Waals surface area (Å²) in [7, 11) is 2.02. The number of hydrogen-bond donors (Lipinski definition) is 0. The Kier molecular flexibility index (Phi) is 6.02. The van der Waals surface area contributed by atoms with Crippen LogP contribution in [0, 0.1) is 39.9 Å². The van der Waals surface area contributed by atoms with E-state index in [1.807, 2.05) is 17.8 Å². The first kappa shape index (κ1) is 12.7. The van der Waals surface area contributed by atoms with Crippen LogP contribution in [-0.4, -0.2) is 4.57 Å². The number of nitriles is 3. The lowest BCUT2D eigenvalue weighted by Crippen LogP contribution is -2.23. The first-order valence-corrected chi connectivity index (χ1v) is 4.37. The van der Waals surface area contributed by atoms with Crippen LogP contribution < -0.4 is 4.57 Å². The standard InChI is InChI=1S/C6H11N2.C4HN3/c1-3-8-5-4-7(2)6-8;5-1-4(2-6)3-7/h4-6H,3H2,1-2H3;4H/q+1;. The zero-order valence-corrected chi connectivity index (χ0v) is 8.75. The Balaban J connectivity index is 0.000000265. The molecule has 5 heteroatoms. The number of hydrogen-bond acceptors (Lipinski definition) is 3. The van der Waals surface area contributed by atoms with Crippen LogP contribution in [0.3, 0.4) is 0 Å². The highest BCUT2D eigenvalue weighted by Crippen LogP contribution is 1.83. The molecule has 0 aromatic carbocycles. The summed E-state index contributed by atoms with van der Waals surface area (Å²) in [5.74, 6) is -1.10. The lowest BCUT2D eigenvalue weighted by molar-refractivity contribution is -0.671. The third kappa shape index (κ3) is 5.08. The van der Waals surface area contributed by atoms with Gasteiger partial charge in [0.1, 0.15) is 12.4 Å². The van der Waals surface area contributed by atoms with Crippen molar-refractivity contribution in [2.75, 3.05) is 0 Å². The molecule has 0 bridgehead atoms. The van der Waals surface area contributed by atoms with Gasteiger partial charge in [-0.2, -0.15) is 15.8 Å². The van der Waals surface area contributed by atoms with E-state index in [9.17, 15) is 0 Å². The predicted octanol–water partition coefficient (Wildman–Crippen LogP) is 0.506. The van der Waals surface area contributed by atoms with Gasteiger partial charge in [0.05, 0.1) is 31.8 Å². The summed E-state index contributed by atoms with van der Waals surface area (Å²) in [6.07, 6.45) is 6.14. The van der Waals surface area contributed by atoms with E-state index in [4.69, 9.17) is 15.8 Å². The number of aromatic nitrogens is 2. The normalized spacial score (nSPS) is 8.00. The summed E-state index contributed by atoms with van der Waals surface area (Å²) < 4.78 is 4.16. The Hall–Kier alpha value is -2.32. The first-order valence-electron chi connectivity index (χ1n) is 4.37. The minimum atomic E-state index is -1.10. The van der Waals surface area contributed by atoms with Gasteiger partial charge in [-0.3, -0.25) is 0 Å². The maximum absolute atomic E-state index is 7.83. The molecule has 5 nitrogen and oxygen atoms in total. The van der Waals surface area contributed by atoms with E-state index in [1.54, 1.807) is 0 Å². The Morgan fingerprint density at radius 3 is 1.93 bits per heavy atom. The summed E-state index contributed by atoms with van der Waals surface area (Å²) in [5.41, 5.74) is 0. The fourth-order valence-electron chi connectivity index (χ4n) is 0.775. The van der Waals surface area contributed by atoms with Crippen LogP contribution in [-0.2, 0) is 13.6 Å². The molecule has 0 radical (unpaired) electrons. The smallest absolute Gasteiger partial charge is 0.240 e. The van der Waals surface area contributed by atoms with Gasteiger partial charge < -0.3 is 0 Å². The monoisotopic (exact) mass is 202 g/mol. The molecule has 0 fully saturated rings. The molecule has 0 aliphatic heterocycles. The average molecular weight is 202 g/mol. The fourth-order valence-corrected chi connectivity index (χ4v) is 0.775. The fraction of sp³-hybridized carbons (Fsp3) is 0.400. The SMILES string of the molecule is CCn1cc[n+](C)c1.N#CC(C#N)C#N. The van der Waals surface area contributed by atoms with Crippen molar-refractivity contribution >= 4 is 0 Å². The quantitative estimate of drug-likeness (QED) is 0.622. The Morgan fingerprint density at radius 2 is 1.80 bits per heavy atom. The number of nitrogens with zero attached hydrogens (tertiary/aromatic N) is 5. The van der Waals surface area contributed by atoms with Gasteiger partial charge >= 0.3 is 0 Å². The third-order valence-electron chi connectivity index (χ3n) is 1.58. The molecule has 76 valence electrons. The van der Waals surface area contributed by atoms with E-state index in [2.05, 4.69) is 24.0 Å². The van der Waals surface area contributed by atoms with Crippen LogP contribution in [0.5, 0.6) is 0 Å². The Labute approximate surface area is 89.0 Å². The van der Waals surface area contributed by atoms with Crippen LogP contribution >= 0.6 is 0 Å². The highest BCUT2D eigenvalue weighted by molar-refractivity contribution is 5.11. The second kappa shape index (κ2) is 7.12. The third-order valence-corrected chi connectivity index (χ3v) is 1.58. The van der Waals surface area contributed by atoms with Crippen LogP contribution in [0.2, 0.25) is 0 Å². The van der Waals surface area contributed by atoms with Crippen LogP contribution in [0.15, 0.2) is 18.7 Å². The summed E-state index contributed by atoms with van der Waals surface area (Å²) in [6.45, 7) is 3.18. The van der Waals surface area contributed by atoms with Crippen LogP contribution in [0.25, 0.3) is 0 Å². The van der Waals surface area contributed by atoms with Crippen molar-refractivity contribution < 1.29 is 4.57 Å². The molecule has 0 atom stereocenters. The van der Waals surface area contributed by atoms with Gasteiger partial charge in [-0.15, -0.1) is 0 Å². The lowest BCUT2D eigenvalue weighted by Gasteiger charge is -1.81. The molecular weight excluding hydrogens is 190 g/mol. The van der Waals surface area contributed by atoms with E-state index >= 15 is 0 Å². The Bertz CT molecular complexity index is 379. The molecule has 1 aromatic rings. The molecule has 0 amide bonds. The van der Waals surface area contributed by atoms with E-state index < -0.39 is 5.92 Å². The average Bonchev–Trinajstić information content (AvgIpc) is 2.68. The van der Waals surface area contributed by atoms with Crippen molar-refractivity contribution in [3.8, 4) is 18.2 Å². The predicted molar refractivity (Wildman–Crippen MR) is 51.6 cm³/mol. The van der Waals surface area contributed by atoms with Gasteiger partial charge in [0.15, 0.2) is 0 Å². The molecule has 0 spiro atoms. The van der Waals surface area contributed by atoms with Crippen molar-refractivity contribution in [1.82, 2.24) is 4.57 Å². The summed E-state index contributed by atoms with van der Waals surface area (Å²) >= 11 is 0. The minimum Gasteiger partial charge on any atom is -0.240 e. The van der Waals surface area contributed by atoms with Gasteiger partial charge in [0.2, 0.25) is 12.2 Å². The molecule has 0 saturated heterocycles. The minimum absolute atomic E-state index is 1.06. The number of rotatable bonds is 1. The molecule has 1 aromatic heterocycles. The molecule has 0 saturated carbocycles. The highest BCUT2D eigenvalue weighted by atomic mass is 15.1. The van der Waals surface area contributed by atoms with Crippen molar-refractivity contribution in [3.05, 3.63) is 18.7 Å². The van der Waals surface area contributed by atoms with Gasteiger partial charge in [0, 0.05) is 0 Å². The van der Waals surface area contributed by atoms with Crippen molar-refractivity contribution in [1.29, 1.82) is 15.8 Å². The molecular formula is C10H12N5+. The van der Waals surface area contributed by atoms with Crippen molar-refractivity contribution in [2.45, 2.75) is 13.5 Å². The van der Waals surface area contributed by atoms with Crippen molar-refractivity contribution in [2.24, 2.45) is 13.0 Å². The van der Waals surface area contributed by atoms with E-state index in [1.165, 1.54) is 18.2 Å². The molecule has 0 unspecified atom stereocenters. The molecule has 0 N–H and O–H groups in total. The van der Waals surface area contributed by atoms with Gasteiger partial charge in [-0.25, -0.2) is 9.13 Å². The molecule has 0 aliphatic rings. The topological polar surface area (TPSA) is 80.2 Å². The second-order valence-corrected chi connectivity index (χ2v) is 2.73. The maximum atomic E-state index is 7.83. The Morgan fingerprint density at radius 1 is 1.27 bits per heavy atom. The van der Waals surface area contributed by atoms with Crippen LogP contribution in [0.4, 0.5) is 0 Å². The maximum Gasteiger partial charge on any atom is 0.243 e. The largest absolute Gasteiger partial charge is 0.243 e. The molecule has 0 aliphatic carbocycles. The van der Waals surface area contributed by atoms with E-state index in [0.29, 0.717) is 0 Å². The van der Waals surface area contributed by atoms with Gasteiger partial charge in [0.25, 0.3) is 0 Å². The van der Waals surface area contributed by atoms with Gasteiger partial charge in [-0.05, 0) is 6.92 Å². The zero-order chi connectivity index (χ0) is 11.7. The first-order chi connectivity index (χ1) is 7.17. The van der Waals surface area contributed by atoms with Crippen molar-refractivity contribution in [3.63, 3.8) is 0 Å². The number of aryl methyl sites for hydroxylation is 2. The highest BCUT2D eigenvalue weighted by Gasteiger charge is 1.97. The summed E-state index contributed by atoms with van der Waals surface area (Å²) in [4.78, 5) is 0. The zero-order valence-electron chi connectivity index (χ0n) is 8.75. The van der Waals surface area contributed by atoms with Crippen LogP contribution in [0.1, 0.15) is 6.92 Å². The second-order valence-electron chi connectivity index (χ2n) is 2.73. The molecule has 15 heavy (non-hydrogen) atoms. The summed E-state index contributed by atoms with van der Waals surface area (Å²) in [6, 6.07) is 4.44. The molecule has 1 rings (SSSR count).